The summed E-state index contributed by atoms with van der Waals surface area (Å²) in [5.74, 6) is -0.171. The van der Waals surface area contributed by atoms with Crippen LogP contribution in [0.5, 0.6) is 0 Å². The maximum Gasteiger partial charge on any atom is 0.123 e. The molecule has 0 radical (unpaired) electrons. The molecule has 1 aliphatic rings. The van der Waals surface area contributed by atoms with E-state index in [2.05, 4.69) is 46.8 Å². The van der Waals surface area contributed by atoms with Gasteiger partial charge in [-0.05, 0) is 56.8 Å². The topological polar surface area (TPSA) is 15.3 Å². The molecule has 2 nitrogen and oxygen atoms in total. The zero-order chi connectivity index (χ0) is 15.6. The Morgan fingerprint density at radius 2 is 1.91 bits per heavy atom. The van der Waals surface area contributed by atoms with Gasteiger partial charge in [0.15, 0.2) is 0 Å². The summed E-state index contributed by atoms with van der Waals surface area (Å²) in [7, 11) is 1.95. The van der Waals surface area contributed by atoms with Gasteiger partial charge in [-0.1, -0.05) is 42.5 Å². The van der Waals surface area contributed by atoms with Crippen LogP contribution in [-0.2, 0) is 0 Å². The SMILES string of the molecule is CNCCC(c1cccc(F)c1)N1/C=C\C/C=C\C/C=C\C1. The van der Waals surface area contributed by atoms with Crippen LogP contribution in [0.3, 0.4) is 0 Å². The third-order valence-corrected chi connectivity index (χ3v) is 3.79. The van der Waals surface area contributed by atoms with Crippen LogP contribution in [0.1, 0.15) is 30.9 Å². The van der Waals surface area contributed by atoms with Gasteiger partial charge in [0.05, 0.1) is 6.04 Å². The minimum absolute atomic E-state index is 0.171. The second-order valence-electron chi connectivity index (χ2n) is 5.46. The first-order valence-electron chi connectivity index (χ1n) is 7.93. The molecule has 0 saturated heterocycles. The van der Waals surface area contributed by atoms with Crippen LogP contribution in [0.4, 0.5) is 4.39 Å². The molecule has 0 bridgehead atoms. The molecule has 1 aliphatic heterocycles. The van der Waals surface area contributed by atoms with Gasteiger partial charge >= 0.3 is 0 Å². The fourth-order valence-electron chi connectivity index (χ4n) is 2.65. The molecule has 0 aliphatic carbocycles. The van der Waals surface area contributed by atoms with Crippen molar-refractivity contribution in [3.8, 4) is 0 Å². The number of benzene rings is 1. The Hall–Kier alpha value is -1.87. The summed E-state index contributed by atoms with van der Waals surface area (Å²) >= 11 is 0. The van der Waals surface area contributed by atoms with Crippen molar-refractivity contribution in [2.75, 3.05) is 20.1 Å². The number of nitrogens with one attached hydrogen (secondary N) is 1. The molecule has 2 rings (SSSR count). The first-order chi connectivity index (χ1) is 10.8. The Kier molecular flexibility index (Phi) is 6.91. The summed E-state index contributed by atoms with van der Waals surface area (Å²) in [5, 5.41) is 3.20. The average Bonchev–Trinajstić information content (AvgIpc) is 2.54. The molecule has 1 aromatic carbocycles. The molecular weight excluding hydrogens is 275 g/mol. The maximum atomic E-state index is 13.6. The van der Waals surface area contributed by atoms with Gasteiger partial charge < -0.3 is 10.2 Å². The van der Waals surface area contributed by atoms with Gasteiger partial charge in [0.25, 0.3) is 0 Å². The number of allylic oxidation sites excluding steroid dienone is 4. The fraction of sp³-hybridized carbons (Fsp3) is 0.368. The van der Waals surface area contributed by atoms with Gasteiger partial charge in [-0.2, -0.15) is 0 Å². The highest BCUT2D eigenvalue weighted by Gasteiger charge is 2.17. The monoisotopic (exact) mass is 300 g/mol. The van der Waals surface area contributed by atoms with Gasteiger partial charge in [-0.25, -0.2) is 4.39 Å². The number of rotatable bonds is 5. The summed E-state index contributed by atoms with van der Waals surface area (Å²) in [6.45, 7) is 1.74. The van der Waals surface area contributed by atoms with Crippen LogP contribution < -0.4 is 5.32 Å². The third kappa shape index (κ3) is 5.15. The van der Waals surface area contributed by atoms with Crippen molar-refractivity contribution in [3.05, 3.63) is 72.2 Å². The van der Waals surface area contributed by atoms with E-state index in [1.54, 1.807) is 12.1 Å². The lowest BCUT2D eigenvalue weighted by atomic mass is 10.0. The summed E-state index contributed by atoms with van der Waals surface area (Å²) in [5.41, 5.74) is 1.03. The molecule has 1 atom stereocenters. The first kappa shape index (κ1) is 16.5. The van der Waals surface area contributed by atoms with Crippen LogP contribution in [-0.4, -0.2) is 25.0 Å². The van der Waals surface area contributed by atoms with Gasteiger partial charge in [0, 0.05) is 6.54 Å². The standard InChI is InChI=1S/C19H25FN2/c1-21-13-12-19(17-10-9-11-18(20)16-17)22-14-7-5-3-2-4-6-8-15-22/h2-3,6-11,14,16,19,21H,4-5,12-13,15H2,1H3/b3-2-,8-6-,14-7-. The predicted molar refractivity (Wildman–Crippen MR) is 91.0 cm³/mol. The van der Waals surface area contributed by atoms with Crippen LogP contribution >= 0.6 is 0 Å². The second-order valence-corrected chi connectivity index (χ2v) is 5.46. The predicted octanol–water partition coefficient (Wildman–Crippen LogP) is 4.20. The van der Waals surface area contributed by atoms with E-state index in [1.165, 1.54) is 6.07 Å². The Labute approximate surface area is 133 Å². The molecular formula is C19H25FN2. The molecule has 22 heavy (non-hydrogen) atoms. The van der Waals surface area contributed by atoms with E-state index in [9.17, 15) is 4.39 Å². The normalized spacial score (nSPS) is 21.1. The number of nitrogens with zero attached hydrogens (tertiary/aromatic N) is 1. The molecule has 1 unspecified atom stereocenters. The lowest BCUT2D eigenvalue weighted by molar-refractivity contribution is 0.288. The molecule has 0 aromatic heterocycles. The largest absolute Gasteiger partial charge is 0.367 e. The average molecular weight is 300 g/mol. The second kappa shape index (κ2) is 9.21. The minimum atomic E-state index is -0.171. The van der Waals surface area contributed by atoms with E-state index >= 15 is 0 Å². The quantitative estimate of drug-likeness (QED) is 0.820. The summed E-state index contributed by atoms with van der Waals surface area (Å²) in [6, 6.07) is 7.13. The lowest BCUT2D eigenvalue weighted by Crippen LogP contribution is -2.27. The molecule has 0 fully saturated rings. The van der Waals surface area contributed by atoms with E-state index in [0.717, 1.165) is 37.9 Å². The Morgan fingerprint density at radius 1 is 1.14 bits per heavy atom. The third-order valence-electron chi connectivity index (χ3n) is 3.79. The van der Waals surface area contributed by atoms with Gasteiger partial charge in [-0.15, -0.1) is 0 Å². The lowest BCUT2D eigenvalue weighted by Gasteiger charge is -2.30. The van der Waals surface area contributed by atoms with Gasteiger partial charge in [-0.3, -0.25) is 0 Å². The first-order valence-corrected chi connectivity index (χ1v) is 7.93. The molecule has 3 heteroatoms. The Balaban J connectivity index is 2.23. The smallest absolute Gasteiger partial charge is 0.123 e. The van der Waals surface area contributed by atoms with Crippen LogP contribution in [0.15, 0.2) is 60.8 Å². The van der Waals surface area contributed by atoms with Crippen molar-refractivity contribution in [3.63, 3.8) is 0 Å². The zero-order valence-corrected chi connectivity index (χ0v) is 13.2. The molecule has 1 heterocycles. The highest BCUT2D eigenvalue weighted by atomic mass is 19.1. The molecule has 0 saturated carbocycles. The highest BCUT2D eigenvalue weighted by Crippen LogP contribution is 2.25. The van der Waals surface area contributed by atoms with Crippen LogP contribution in [0.2, 0.25) is 0 Å². The number of hydrogen-bond donors (Lipinski definition) is 1. The van der Waals surface area contributed by atoms with Crippen LogP contribution in [0, 0.1) is 5.82 Å². The van der Waals surface area contributed by atoms with Crippen molar-refractivity contribution in [1.82, 2.24) is 10.2 Å². The van der Waals surface area contributed by atoms with Crippen molar-refractivity contribution in [1.29, 1.82) is 0 Å². The summed E-state index contributed by atoms with van der Waals surface area (Å²) in [6.07, 6.45) is 15.9. The van der Waals surface area contributed by atoms with Crippen molar-refractivity contribution in [2.45, 2.75) is 25.3 Å². The zero-order valence-electron chi connectivity index (χ0n) is 13.2. The number of hydrogen-bond acceptors (Lipinski definition) is 2. The maximum absolute atomic E-state index is 13.6. The van der Waals surface area contributed by atoms with Crippen molar-refractivity contribution in [2.24, 2.45) is 0 Å². The fourth-order valence-corrected chi connectivity index (χ4v) is 2.65. The molecule has 1 N–H and O–H groups in total. The van der Waals surface area contributed by atoms with E-state index in [1.807, 2.05) is 13.1 Å². The van der Waals surface area contributed by atoms with Gasteiger partial charge in [0.1, 0.15) is 5.82 Å². The van der Waals surface area contributed by atoms with Crippen molar-refractivity contribution < 1.29 is 4.39 Å². The summed E-state index contributed by atoms with van der Waals surface area (Å²) in [4.78, 5) is 2.29. The van der Waals surface area contributed by atoms with E-state index < -0.39 is 0 Å². The molecule has 0 spiro atoms. The van der Waals surface area contributed by atoms with Gasteiger partial charge in [0.2, 0.25) is 0 Å². The molecule has 1 aromatic rings. The minimum Gasteiger partial charge on any atom is -0.367 e. The highest BCUT2D eigenvalue weighted by molar-refractivity contribution is 5.21. The van der Waals surface area contributed by atoms with E-state index in [0.29, 0.717) is 0 Å². The Morgan fingerprint density at radius 3 is 2.68 bits per heavy atom. The van der Waals surface area contributed by atoms with Crippen LogP contribution in [0.25, 0.3) is 0 Å². The molecule has 118 valence electrons. The summed E-state index contributed by atoms with van der Waals surface area (Å²) < 4.78 is 13.6. The Bertz CT molecular complexity index is 534. The number of halogens is 1. The van der Waals surface area contributed by atoms with E-state index in [-0.39, 0.29) is 11.9 Å². The molecule has 0 amide bonds. The van der Waals surface area contributed by atoms with Crippen molar-refractivity contribution >= 4 is 0 Å². The van der Waals surface area contributed by atoms with E-state index in [4.69, 9.17) is 0 Å².